The van der Waals surface area contributed by atoms with E-state index in [9.17, 15) is 0 Å². The summed E-state index contributed by atoms with van der Waals surface area (Å²) < 4.78 is 5.48. The Labute approximate surface area is 131 Å². The van der Waals surface area contributed by atoms with Gasteiger partial charge in [-0.05, 0) is 61.0 Å². The molecule has 22 heavy (non-hydrogen) atoms. The molecule has 0 bridgehead atoms. The lowest BCUT2D eigenvalue weighted by molar-refractivity contribution is 0.582. The number of hydrogen-bond acceptors (Lipinski definition) is 3. The lowest BCUT2D eigenvalue weighted by atomic mass is 10.1. The average molecular weight is 310 g/mol. The summed E-state index contributed by atoms with van der Waals surface area (Å²) in [4.78, 5) is 1.62. The largest absolute Gasteiger partial charge is 0.464 e. The molecule has 2 aromatic heterocycles. The molecule has 0 fully saturated rings. The van der Waals surface area contributed by atoms with Crippen LogP contribution in [0.5, 0.6) is 0 Å². The molecule has 0 N–H and O–H groups in total. The van der Waals surface area contributed by atoms with E-state index >= 15 is 0 Å². The number of hydrogen-bond donors (Lipinski definition) is 0. The van der Waals surface area contributed by atoms with Crippen LogP contribution in [-0.4, -0.2) is 15.0 Å². The average Bonchev–Trinajstić information content (AvgIpc) is 3.15. The lowest BCUT2D eigenvalue weighted by Crippen LogP contribution is -1.97. The second kappa shape index (κ2) is 5.00. The van der Waals surface area contributed by atoms with Gasteiger partial charge in [-0.3, -0.25) is 0 Å². The summed E-state index contributed by atoms with van der Waals surface area (Å²) in [5, 5.41) is 9.76. The maximum Gasteiger partial charge on any atom is 0.134 e. The van der Waals surface area contributed by atoms with E-state index in [-0.39, 0.29) is 0 Å². The molecule has 0 spiro atoms. The van der Waals surface area contributed by atoms with Crippen LogP contribution in [0.1, 0.15) is 5.56 Å². The molecular formula is C17H12ClN3O. The first kappa shape index (κ1) is 13.1. The minimum Gasteiger partial charge on any atom is -0.464 e. The predicted molar refractivity (Wildman–Crippen MR) is 86.3 cm³/mol. The fourth-order valence-electron chi connectivity index (χ4n) is 2.46. The van der Waals surface area contributed by atoms with Crippen LogP contribution in [0.3, 0.4) is 0 Å². The molecule has 0 saturated carbocycles. The van der Waals surface area contributed by atoms with Crippen molar-refractivity contribution in [1.82, 2.24) is 15.0 Å². The first-order valence-electron chi connectivity index (χ1n) is 6.88. The van der Waals surface area contributed by atoms with Gasteiger partial charge in [0.1, 0.15) is 16.8 Å². The molecule has 108 valence electrons. The summed E-state index contributed by atoms with van der Waals surface area (Å²) >= 11 is 5.92. The van der Waals surface area contributed by atoms with E-state index in [0.29, 0.717) is 5.02 Å². The smallest absolute Gasteiger partial charge is 0.134 e. The minimum absolute atomic E-state index is 0.691. The van der Waals surface area contributed by atoms with E-state index in [2.05, 4.69) is 10.2 Å². The highest BCUT2D eigenvalue weighted by Crippen LogP contribution is 2.27. The van der Waals surface area contributed by atoms with E-state index < -0.39 is 0 Å². The molecule has 0 saturated heterocycles. The van der Waals surface area contributed by atoms with Crippen molar-refractivity contribution >= 4 is 22.6 Å². The Hall–Kier alpha value is -2.59. The third-order valence-electron chi connectivity index (χ3n) is 3.57. The van der Waals surface area contributed by atoms with Crippen LogP contribution in [0.25, 0.3) is 28.0 Å². The summed E-state index contributed by atoms with van der Waals surface area (Å²) in [6.45, 7) is 2.04. The van der Waals surface area contributed by atoms with Gasteiger partial charge in [0.25, 0.3) is 0 Å². The van der Waals surface area contributed by atoms with Crippen molar-refractivity contribution in [3.8, 4) is 17.0 Å². The van der Waals surface area contributed by atoms with Crippen LogP contribution < -0.4 is 0 Å². The molecule has 0 aliphatic rings. The number of rotatable bonds is 2. The number of benzene rings is 2. The van der Waals surface area contributed by atoms with Crippen molar-refractivity contribution in [3.63, 3.8) is 0 Å². The van der Waals surface area contributed by atoms with Crippen molar-refractivity contribution in [3.05, 3.63) is 65.4 Å². The maximum absolute atomic E-state index is 5.92. The van der Waals surface area contributed by atoms with E-state index in [4.69, 9.17) is 16.0 Å². The highest BCUT2D eigenvalue weighted by molar-refractivity contribution is 6.30. The van der Waals surface area contributed by atoms with Gasteiger partial charge in [0.15, 0.2) is 0 Å². The summed E-state index contributed by atoms with van der Waals surface area (Å²) in [6, 6.07) is 15.3. The first-order valence-corrected chi connectivity index (χ1v) is 7.26. The molecule has 0 aliphatic heterocycles. The van der Waals surface area contributed by atoms with Gasteiger partial charge in [-0.25, -0.2) is 0 Å². The third kappa shape index (κ3) is 2.18. The van der Waals surface area contributed by atoms with Gasteiger partial charge in [0.05, 0.1) is 12.0 Å². The van der Waals surface area contributed by atoms with Gasteiger partial charge in [-0.2, -0.15) is 4.80 Å². The summed E-state index contributed by atoms with van der Waals surface area (Å²) in [7, 11) is 0. The van der Waals surface area contributed by atoms with Gasteiger partial charge in [0.2, 0.25) is 0 Å². The fourth-order valence-corrected chi connectivity index (χ4v) is 2.58. The third-order valence-corrected chi connectivity index (χ3v) is 3.82. The molecular weight excluding hydrogens is 298 g/mol. The van der Waals surface area contributed by atoms with Crippen LogP contribution in [0.4, 0.5) is 0 Å². The van der Waals surface area contributed by atoms with Crippen LogP contribution in [0.2, 0.25) is 5.02 Å². The van der Waals surface area contributed by atoms with Crippen molar-refractivity contribution in [2.45, 2.75) is 6.92 Å². The number of nitrogens with zero attached hydrogens (tertiary/aromatic N) is 3. The Morgan fingerprint density at radius 1 is 1.00 bits per heavy atom. The molecule has 0 aliphatic carbocycles. The van der Waals surface area contributed by atoms with Crippen molar-refractivity contribution in [1.29, 1.82) is 0 Å². The van der Waals surface area contributed by atoms with Crippen LogP contribution in [0.15, 0.2) is 59.2 Å². The van der Waals surface area contributed by atoms with Crippen LogP contribution >= 0.6 is 11.6 Å². The quantitative estimate of drug-likeness (QED) is 0.541. The SMILES string of the molecule is Cc1cc2nn(-c3ccc(Cl)cc3)nc2cc1-c1ccco1. The predicted octanol–water partition coefficient (Wildman–Crippen LogP) is 4.64. The molecule has 4 rings (SSSR count). The standard InChI is InChI=1S/C17H12ClN3O/c1-11-9-15-16(10-14(11)17-3-2-8-22-17)20-21(19-15)13-6-4-12(18)5-7-13/h2-10H,1H3. The van der Waals surface area contributed by atoms with Gasteiger partial charge in [0, 0.05) is 10.6 Å². The summed E-state index contributed by atoms with van der Waals surface area (Å²) in [5.41, 5.74) is 4.68. The number of fused-ring (bicyclic) bond motifs is 1. The first-order chi connectivity index (χ1) is 10.7. The Kier molecular flexibility index (Phi) is 2.98. The van der Waals surface area contributed by atoms with Gasteiger partial charge < -0.3 is 4.42 Å². The van der Waals surface area contributed by atoms with Crippen molar-refractivity contribution in [2.24, 2.45) is 0 Å². The zero-order valence-electron chi connectivity index (χ0n) is 11.8. The molecule has 4 aromatic rings. The zero-order valence-corrected chi connectivity index (χ0v) is 12.6. The molecule has 0 radical (unpaired) electrons. The Balaban J connectivity index is 1.86. The van der Waals surface area contributed by atoms with E-state index in [1.165, 1.54) is 0 Å². The molecule has 0 amide bonds. The number of halogens is 1. The molecule has 0 unspecified atom stereocenters. The molecule has 2 heterocycles. The maximum atomic E-state index is 5.92. The van der Waals surface area contributed by atoms with E-state index in [1.807, 2.05) is 55.5 Å². The van der Waals surface area contributed by atoms with Crippen LogP contribution in [-0.2, 0) is 0 Å². The Bertz CT molecular complexity index is 940. The van der Waals surface area contributed by atoms with Crippen molar-refractivity contribution < 1.29 is 4.42 Å². The van der Waals surface area contributed by atoms with Crippen molar-refractivity contribution in [2.75, 3.05) is 0 Å². The number of aromatic nitrogens is 3. The molecule has 5 heteroatoms. The number of aryl methyl sites for hydroxylation is 1. The molecule has 4 nitrogen and oxygen atoms in total. The summed E-state index contributed by atoms with van der Waals surface area (Å²) in [6.07, 6.45) is 1.67. The van der Waals surface area contributed by atoms with E-state index in [0.717, 1.165) is 33.6 Å². The Morgan fingerprint density at radius 3 is 2.41 bits per heavy atom. The van der Waals surface area contributed by atoms with Crippen LogP contribution in [0, 0.1) is 6.92 Å². The van der Waals surface area contributed by atoms with E-state index in [1.54, 1.807) is 11.1 Å². The second-order valence-electron chi connectivity index (χ2n) is 5.10. The minimum atomic E-state index is 0.691. The highest BCUT2D eigenvalue weighted by Gasteiger charge is 2.11. The van der Waals surface area contributed by atoms with Gasteiger partial charge in [-0.1, -0.05) is 11.6 Å². The lowest BCUT2D eigenvalue weighted by Gasteiger charge is -2.01. The molecule has 0 atom stereocenters. The molecule has 2 aromatic carbocycles. The van der Waals surface area contributed by atoms with Gasteiger partial charge in [-0.15, -0.1) is 10.2 Å². The topological polar surface area (TPSA) is 43.9 Å². The fraction of sp³-hybridized carbons (Fsp3) is 0.0588. The van der Waals surface area contributed by atoms with Gasteiger partial charge >= 0.3 is 0 Å². The highest BCUT2D eigenvalue weighted by atomic mass is 35.5. The normalized spacial score (nSPS) is 11.2. The monoisotopic (exact) mass is 309 g/mol. The second-order valence-corrected chi connectivity index (χ2v) is 5.54. The summed E-state index contributed by atoms with van der Waals surface area (Å²) in [5.74, 6) is 0.834. The zero-order chi connectivity index (χ0) is 15.1. The Morgan fingerprint density at radius 2 is 1.73 bits per heavy atom. The number of furan rings is 1.